The van der Waals surface area contributed by atoms with E-state index in [-0.39, 0.29) is 11.5 Å². The van der Waals surface area contributed by atoms with E-state index in [9.17, 15) is 13.2 Å². The fourth-order valence-electron chi connectivity index (χ4n) is 3.46. The van der Waals surface area contributed by atoms with E-state index in [1.54, 1.807) is 44.2 Å². The number of aryl methyl sites for hydroxylation is 2. The van der Waals surface area contributed by atoms with Crippen molar-refractivity contribution in [1.82, 2.24) is 4.31 Å². The molecule has 2 atom stereocenters. The number of hydrogen-bond acceptors (Lipinski definition) is 4. The molecule has 148 valence electrons. The fourth-order valence-corrected chi connectivity index (χ4v) is 5.19. The molecule has 0 saturated carbocycles. The number of ether oxygens (including phenoxy) is 1. The Labute approximate surface area is 166 Å². The van der Waals surface area contributed by atoms with Crippen LogP contribution < -0.4 is 0 Å². The van der Waals surface area contributed by atoms with Gasteiger partial charge in [0.25, 0.3) is 0 Å². The number of carbonyl (C=O) groups excluding carboxylic acids is 1. The van der Waals surface area contributed by atoms with Gasteiger partial charge in [-0.15, -0.1) is 0 Å². The van der Waals surface area contributed by atoms with Crippen LogP contribution in [0.25, 0.3) is 0 Å². The quantitative estimate of drug-likeness (QED) is 0.715. The number of esters is 1. The lowest BCUT2D eigenvalue weighted by atomic mass is 10.00. The van der Waals surface area contributed by atoms with Gasteiger partial charge in [0, 0.05) is 6.04 Å². The molecule has 0 unspecified atom stereocenters. The Morgan fingerprint density at radius 2 is 1.54 bits per heavy atom. The summed E-state index contributed by atoms with van der Waals surface area (Å²) in [5.74, 6) is -0.485. The topological polar surface area (TPSA) is 63.7 Å². The van der Waals surface area contributed by atoms with Crippen molar-refractivity contribution in [3.63, 3.8) is 0 Å². The molecule has 0 amide bonds. The zero-order chi connectivity index (χ0) is 20.5. The SMILES string of the molecule is CCOC(=O)C1=C[C@@H](C)N(S(=O)(=O)c2ccc(C)cc2)[C@H]1c1ccc(C)cc1. The largest absolute Gasteiger partial charge is 0.463 e. The lowest BCUT2D eigenvalue weighted by Crippen LogP contribution is -2.37. The third-order valence-electron chi connectivity index (χ3n) is 4.87. The molecule has 0 saturated heterocycles. The molecular formula is C22H25NO4S. The lowest BCUT2D eigenvalue weighted by Gasteiger charge is -2.29. The standard InChI is InChI=1S/C22H25NO4S/c1-5-27-22(24)20-14-17(4)23(21(20)18-10-6-15(2)7-11-18)28(25,26)19-12-8-16(3)9-13-19/h6-14,17,21H,5H2,1-4H3/t17-,21+/m1/s1. The normalized spacial score (nSPS) is 20.1. The number of carbonyl (C=O) groups is 1. The van der Waals surface area contributed by atoms with E-state index in [2.05, 4.69) is 0 Å². The average Bonchev–Trinajstić information content (AvgIpc) is 3.01. The Morgan fingerprint density at radius 1 is 1.00 bits per heavy atom. The Bertz CT molecular complexity index is 992. The molecule has 28 heavy (non-hydrogen) atoms. The smallest absolute Gasteiger partial charge is 0.335 e. The lowest BCUT2D eigenvalue weighted by molar-refractivity contribution is -0.138. The maximum atomic E-state index is 13.5. The van der Waals surface area contributed by atoms with Crippen LogP contribution in [0.1, 0.15) is 36.6 Å². The van der Waals surface area contributed by atoms with E-state index in [0.29, 0.717) is 5.57 Å². The van der Waals surface area contributed by atoms with Gasteiger partial charge in [-0.3, -0.25) is 0 Å². The molecule has 6 heteroatoms. The van der Waals surface area contributed by atoms with E-state index in [1.165, 1.54) is 4.31 Å². The van der Waals surface area contributed by atoms with Gasteiger partial charge >= 0.3 is 5.97 Å². The van der Waals surface area contributed by atoms with Crippen molar-refractivity contribution < 1.29 is 17.9 Å². The first-order valence-corrected chi connectivity index (χ1v) is 10.7. The highest BCUT2D eigenvalue weighted by Gasteiger charge is 2.44. The third kappa shape index (κ3) is 3.75. The summed E-state index contributed by atoms with van der Waals surface area (Å²) < 4.78 is 33.5. The molecule has 0 aliphatic carbocycles. The van der Waals surface area contributed by atoms with Crippen molar-refractivity contribution in [3.05, 3.63) is 76.9 Å². The molecule has 2 aromatic rings. The molecule has 0 bridgehead atoms. The average molecular weight is 400 g/mol. The van der Waals surface area contributed by atoms with Crippen LogP contribution in [0.5, 0.6) is 0 Å². The molecule has 0 radical (unpaired) electrons. The monoisotopic (exact) mass is 399 g/mol. The molecular weight excluding hydrogens is 374 g/mol. The molecule has 5 nitrogen and oxygen atoms in total. The van der Waals surface area contributed by atoms with Gasteiger partial charge in [0.1, 0.15) is 0 Å². The summed E-state index contributed by atoms with van der Waals surface area (Å²) in [5.41, 5.74) is 3.14. The highest BCUT2D eigenvalue weighted by molar-refractivity contribution is 7.89. The van der Waals surface area contributed by atoms with Gasteiger partial charge in [-0.1, -0.05) is 53.6 Å². The second kappa shape index (κ2) is 7.89. The summed E-state index contributed by atoms with van der Waals surface area (Å²) >= 11 is 0. The number of hydrogen-bond donors (Lipinski definition) is 0. The molecule has 0 aromatic heterocycles. The minimum absolute atomic E-state index is 0.209. The first-order valence-electron chi connectivity index (χ1n) is 9.31. The van der Waals surface area contributed by atoms with E-state index < -0.39 is 28.1 Å². The van der Waals surface area contributed by atoms with Crippen LogP contribution in [0.15, 0.2) is 65.1 Å². The molecule has 1 heterocycles. The van der Waals surface area contributed by atoms with Crippen LogP contribution >= 0.6 is 0 Å². The van der Waals surface area contributed by atoms with Crippen molar-refractivity contribution >= 4 is 16.0 Å². The molecule has 0 fully saturated rings. The second-order valence-electron chi connectivity index (χ2n) is 7.04. The van der Waals surface area contributed by atoms with E-state index in [4.69, 9.17) is 4.74 Å². The van der Waals surface area contributed by atoms with Gasteiger partial charge in [-0.25, -0.2) is 13.2 Å². The van der Waals surface area contributed by atoms with E-state index in [0.717, 1.165) is 16.7 Å². The van der Waals surface area contributed by atoms with Gasteiger partial charge in [0.05, 0.1) is 23.1 Å². The molecule has 0 N–H and O–H groups in total. The van der Waals surface area contributed by atoms with Gasteiger partial charge in [-0.05, 0) is 45.4 Å². The van der Waals surface area contributed by atoms with Crippen molar-refractivity contribution in [2.45, 2.75) is 44.7 Å². The molecule has 1 aliphatic heterocycles. The van der Waals surface area contributed by atoms with Crippen LogP contribution in [0.4, 0.5) is 0 Å². The molecule has 2 aromatic carbocycles. The van der Waals surface area contributed by atoms with Crippen molar-refractivity contribution in [2.75, 3.05) is 6.61 Å². The second-order valence-corrected chi connectivity index (χ2v) is 8.89. The summed E-state index contributed by atoms with van der Waals surface area (Å²) in [7, 11) is -3.82. The minimum atomic E-state index is -3.82. The zero-order valence-electron chi connectivity index (χ0n) is 16.5. The van der Waals surface area contributed by atoms with Crippen LogP contribution in [0, 0.1) is 13.8 Å². The highest BCUT2D eigenvalue weighted by Crippen LogP contribution is 2.41. The van der Waals surface area contributed by atoms with Crippen LogP contribution in [-0.4, -0.2) is 31.3 Å². The molecule has 1 aliphatic rings. The Morgan fingerprint density at radius 3 is 2.07 bits per heavy atom. The van der Waals surface area contributed by atoms with Crippen LogP contribution in [0.2, 0.25) is 0 Å². The third-order valence-corrected chi connectivity index (χ3v) is 6.84. The Balaban J connectivity index is 2.11. The number of benzene rings is 2. The first kappa shape index (κ1) is 20.3. The van der Waals surface area contributed by atoms with E-state index >= 15 is 0 Å². The predicted octanol–water partition coefficient (Wildman–Crippen LogP) is 3.93. The Hall–Kier alpha value is -2.44. The molecule has 0 spiro atoms. The zero-order valence-corrected chi connectivity index (χ0v) is 17.4. The summed E-state index contributed by atoms with van der Waals surface area (Å²) in [6.07, 6.45) is 1.69. The number of rotatable bonds is 5. The summed E-state index contributed by atoms with van der Waals surface area (Å²) in [6, 6.07) is 13.1. The van der Waals surface area contributed by atoms with E-state index in [1.807, 2.05) is 38.1 Å². The molecule has 3 rings (SSSR count). The van der Waals surface area contributed by atoms with Crippen LogP contribution in [0.3, 0.4) is 0 Å². The van der Waals surface area contributed by atoms with Gasteiger partial charge in [-0.2, -0.15) is 4.31 Å². The van der Waals surface area contributed by atoms with Gasteiger partial charge in [0.2, 0.25) is 10.0 Å². The van der Waals surface area contributed by atoms with Gasteiger partial charge in [0.15, 0.2) is 0 Å². The fraction of sp³-hybridized carbons (Fsp3) is 0.318. The highest BCUT2D eigenvalue weighted by atomic mass is 32.2. The first-order chi connectivity index (χ1) is 13.3. The van der Waals surface area contributed by atoms with Crippen molar-refractivity contribution in [1.29, 1.82) is 0 Å². The maximum absolute atomic E-state index is 13.5. The van der Waals surface area contributed by atoms with Crippen LogP contribution in [-0.2, 0) is 19.6 Å². The maximum Gasteiger partial charge on any atom is 0.335 e. The van der Waals surface area contributed by atoms with Crippen molar-refractivity contribution in [3.8, 4) is 0 Å². The summed E-state index contributed by atoms with van der Waals surface area (Å²) in [5, 5.41) is 0. The Kier molecular flexibility index (Phi) is 5.72. The van der Waals surface area contributed by atoms with Gasteiger partial charge < -0.3 is 4.74 Å². The minimum Gasteiger partial charge on any atom is -0.463 e. The number of nitrogens with zero attached hydrogens (tertiary/aromatic N) is 1. The summed E-state index contributed by atoms with van der Waals surface area (Å²) in [6.45, 7) is 7.61. The number of sulfonamides is 1. The van der Waals surface area contributed by atoms with Crippen molar-refractivity contribution in [2.24, 2.45) is 0 Å². The summed E-state index contributed by atoms with van der Waals surface area (Å²) in [4.78, 5) is 12.8. The predicted molar refractivity (Wildman–Crippen MR) is 108 cm³/mol.